The Labute approximate surface area is 121 Å². The molecule has 0 radical (unpaired) electrons. The van der Waals surface area contributed by atoms with Gasteiger partial charge in [0.05, 0.1) is 0 Å². The van der Waals surface area contributed by atoms with Crippen molar-refractivity contribution in [3.05, 3.63) is 65.0 Å². The van der Waals surface area contributed by atoms with Gasteiger partial charge in [-0.3, -0.25) is 0 Å². The average Bonchev–Trinajstić information content (AvgIpc) is 2.38. The minimum Gasteiger partial charge on any atom is -0.488 e. The van der Waals surface area contributed by atoms with Gasteiger partial charge in [0.25, 0.3) is 0 Å². The van der Waals surface area contributed by atoms with E-state index in [2.05, 4.69) is 69.3 Å². The van der Waals surface area contributed by atoms with Crippen LogP contribution in [0, 0.1) is 5.92 Å². The molecule has 104 valence electrons. The van der Waals surface area contributed by atoms with Crippen LogP contribution in [0.15, 0.2) is 59.4 Å². The van der Waals surface area contributed by atoms with E-state index in [1.54, 1.807) is 0 Å². The van der Waals surface area contributed by atoms with Gasteiger partial charge in [-0.1, -0.05) is 49.4 Å². The third-order valence-electron chi connectivity index (χ3n) is 4.04. The molecule has 1 heterocycles. The van der Waals surface area contributed by atoms with Crippen molar-refractivity contribution in [2.75, 3.05) is 0 Å². The summed E-state index contributed by atoms with van der Waals surface area (Å²) in [7, 11) is 0. The molecule has 2 aliphatic rings. The molecule has 1 heteroatoms. The van der Waals surface area contributed by atoms with Crippen LogP contribution >= 0.6 is 0 Å². The highest BCUT2D eigenvalue weighted by molar-refractivity contribution is 5.62. The van der Waals surface area contributed by atoms with E-state index in [0.717, 1.165) is 18.6 Å². The molecule has 0 spiro atoms. The topological polar surface area (TPSA) is 9.23 Å². The van der Waals surface area contributed by atoms with Crippen molar-refractivity contribution in [1.29, 1.82) is 0 Å². The normalized spacial score (nSPS) is 26.4. The molecular formula is C19H22O. The fourth-order valence-corrected chi connectivity index (χ4v) is 3.37. The summed E-state index contributed by atoms with van der Waals surface area (Å²) in [6.45, 7) is 6.67. The van der Waals surface area contributed by atoms with E-state index in [0.29, 0.717) is 5.92 Å². The van der Waals surface area contributed by atoms with Gasteiger partial charge < -0.3 is 4.74 Å². The highest BCUT2D eigenvalue weighted by Crippen LogP contribution is 2.42. The number of benzene rings is 1. The van der Waals surface area contributed by atoms with Crippen LogP contribution in [0.25, 0.3) is 6.08 Å². The van der Waals surface area contributed by atoms with Crippen LogP contribution in [0.1, 0.15) is 39.2 Å². The standard InChI is InChI=1S/C19H22O/c1-14-13-19(2,3)20-17-11-7-10-16(18(14)17)12-15-8-5-4-6-9-15/h4-9,11-12,14H,10,13H2,1-3H3/t14-/m1/s1. The second-order valence-electron chi connectivity index (χ2n) is 6.43. The fraction of sp³-hybridized carbons (Fsp3) is 0.368. The lowest BCUT2D eigenvalue weighted by Crippen LogP contribution is -2.33. The van der Waals surface area contributed by atoms with E-state index < -0.39 is 0 Å². The van der Waals surface area contributed by atoms with Gasteiger partial charge in [-0.05, 0) is 49.8 Å². The first kappa shape index (κ1) is 13.2. The lowest BCUT2D eigenvalue weighted by molar-refractivity contribution is 0.00678. The molecule has 0 aromatic heterocycles. The second-order valence-corrected chi connectivity index (χ2v) is 6.43. The van der Waals surface area contributed by atoms with E-state index >= 15 is 0 Å². The lowest BCUT2D eigenvalue weighted by atomic mass is 9.79. The van der Waals surface area contributed by atoms with Crippen molar-refractivity contribution in [3.8, 4) is 0 Å². The molecular weight excluding hydrogens is 244 g/mol. The summed E-state index contributed by atoms with van der Waals surface area (Å²) in [6.07, 6.45) is 8.74. The quantitative estimate of drug-likeness (QED) is 0.685. The molecule has 20 heavy (non-hydrogen) atoms. The summed E-state index contributed by atoms with van der Waals surface area (Å²) in [4.78, 5) is 0. The SMILES string of the molecule is C[C@@H]1CC(C)(C)OC2=C1C(=Cc1ccccc1)CC=C2. The van der Waals surface area contributed by atoms with Crippen molar-refractivity contribution in [1.82, 2.24) is 0 Å². The summed E-state index contributed by atoms with van der Waals surface area (Å²) in [5, 5.41) is 0. The van der Waals surface area contributed by atoms with Crippen LogP contribution in [-0.2, 0) is 4.74 Å². The zero-order chi connectivity index (χ0) is 14.2. The fourth-order valence-electron chi connectivity index (χ4n) is 3.37. The molecule has 0 amide bonds. The van der Waals surface area contributed by atoms with Gasteiger partial charge in [0.1, 0.15) is 11.4 Å². The molecule has 0 saturated carbocycles. The molecule has 0 fully saturated rings. The number of hydrogen-bond acceptors (Lipinski definition) is 1. The van der Waals surface area contributed by atoms with Gasteiger partial charge in [-0.2, -0.15) is 0 Å². The number of allylic oxidation sites excluding steroid dienone is 4. The zero-order valence-electron chi connectivity index (χ0n) is 12.5. The second kappa shape index (κ2) is 4.97. The molecule has 1 aliphatic carbocycles. The first-order valence-corrected chi connectivity index (χ1v) is 7.41. The smallest absolute Gasteiger partial charge is 0.123 e. The van der Waals surface area contributed by atoms with E-state index in [1.165, 1.54) is 16.7 Å². The lowest BCUT2D eigenvalue weighted by Gasteiger charge is -2.39. The third-order valence-corrected chi connectivity index (χ3v) is 4.04. The van der Waals surface area contributed by atoms with Crippen LogP contribution in [0.2, 0.25) is 0 Å². The molecule has 1 aromatic carbocycles. The number of hydrogen-bond donors (Lipinski definition) is 0. The molecule has 1 atom stereocenters. The summed E-state index contributed by atoms with van der Waals surface area (Å²) < 4.78 is 6.17. The number of rotatable bonds is 1. The predicted octanol–water partition coefficient (Wildman–Crippen LogP) is 5.12. The Morgan fingerprint density at radius 3 is 2.70 bits per heavy atom. The Hall–Kier alpha value is -1.76. The Morgan fingerprint density at radius 2 is 1.95 bits per heavy atom. The monoisotopic (exact) mass is 266 g/mol. The maximum Gasteiger partial charge on any atom is 0.123 e. The van der Waals surface area contributed by atoms with Gasteiger partial charge in [0.15, 0.2) is 0 Å². The third kappa shape index (κ3) is 2.58. The Kier molecular flexibility index (Phi) is 3.29. The number of ether oxygens (including phenoxy) is 1. The minimum absolute atomic E-state index is 0.0578. The van der Waals surface area contributed by atoms with E-state index in [-0.39, 0.29) is 5.60 Å². The summed E-state index contributed by atoms with van der Waals surface area (Å²) >= 11 is 0. The molecule has 0 saturated heterocycles. The van der Waals surface area contributed by atoms with Crippen molar-refractivity contribution < 1.29 is 4.74 Å². The van der Waals surface area contributed by atoms with Crippen LogP contribution in [0.5, 0.6) is 0 Å². The largest absolute Gasteiger partial charge is 0.488 e. The average molecular weight is 266 g/mol. The molecule has 1 nitrogen and oxygen atoms in total. The van der Waals surface area contributed by atoms with Gasteiger partial charge in [0.2, 0.25) is 0 Å². The maximum absolute atomic E-state index is 6.17. The predicted molar refractivity (Wildman–Crippen MR) is 84.1 cm³/mol. The van der Waals surface area contributed by atoms with E-state index in [4.69, 9.17) is 4.74 Å². The van der Waals surface area contributed by atoms with Gasteiger partial charge >= 0.3 is 0 Å². The van der Waals surface area contributed by atoms with Crippen molar-refractivity contribution in [2.24, 2.45) is 5.92 Å². The molecule has 1 aromatic rings. The highest BCUT2D eigenvalue weighted by Gasteiger charge is 2.34. The summed E-state index contributed by atoms with van der Waals surface area (Å²) in [6, 6.07) is 10.5. The molecule has 0 bridgehead atoms. The van der Waals surface area contributed by atoms with Crippen molar-refractivity contribution >= 4 is 6.08 Å². The molecule has 0 N–H and O–H groups in total. The Balaban J connectivity index is 2.01. The summed E-state index contributed by atoms with van der Waals surface area (Å²) in [5.41, 5.74) is 4.01. The maximum atomic E-state index is 6.17. The molecule has 0 unspecified atom stereocenters. The van der Waals surface area contributed by atoms with Crippen LogP contribution in [-0.4, -0.2) is 5.60 Å². The molecule has 1 aliphatic heterocycles. The highest BCUT2D eigenvalue weighted by atomic mass is 16.5. The first-order chi connectivity index (χ1) is 9.55. The zero-order valence-corrected chi connectivity index (χ0v) is 12.5. The van der Waals surface area contributed by atoms with Crippen molar-refractivity contribution in [3.63, 3.8) is 0 Å². The van der Waals surface area contributed by atoms with Gasteiger partial charge in [-0.15, -0.1) is 0 Å². The molecule has 3 rings (SSSR count). The van der Waals surface area contributed by atoms with E-state index in [9.17, 15) is 0 Å². The van der Waals surface area contributed by atoms with Crippen molar-refractivity contribution in [2.45, 2.75) is 39.2 Å². The van der Waals surface area contributed by atoms with Gasteiger partial charge in [0, 0.05) is 5.57 Å². The van der Waals surface area contributed by atoms with Crippen LogP contribution in [0.3, 0.4) is 0 Å². The Morgan fingerprint density at radius 1 is 1.20 bits per heavy atom. The Bertz CT molecular complexity index is 587. The minimum atomic E-state index is -0.0578. The summed E-state index contributed by atoms with van der Waals surface area (Å²) in [5.74, 6) is 1.62. The van der Waals surface area contributed by atoms with Gasteiger partial charge in [-0.25, -0.2) is 0 Å². The van der Waals surface area contributed by atoms with Crippen LogP contribution in [0.4, 0.5) is 0 Å². The van der Waals surface area contributed by atoms with E-state index in [1.807, 2.05) is 0 Å². The first-order valence-electron chi connectivity index (χ1n) is 7.41. The van der Waals surface area contributed by atoms with Crippen LogP contribution < -0.4 is 0 Å².